The molecule has 1 aromatic heterocycles. The summed E-state index contributed by atoms with van der Waals surface area (Å²) in [6.45, 7) is 5.05. The van der Waals surface area contributed by atoms with Gasteiger partial charge in [0.25, 0.3) is 0 Å². The van der Waals surface area contributed by atoms with Crippen LogP contribution in [0.15, 0.2) is 28.7 Å². The molecule has 2 rings (SSSR count). The number of aryl methyl sites for hydroxylation is 2. The molecule has 1 heterocycles. The maximum absolute atomic E-state index is 13.2. The van der Waals surface area contributed by atoms with Crippen molar-refractivity contribution >= 4 is 41.3 Å². The second-order valence-electron chi connectivity index (χ2n) is 4.72. The Hall–Kier alpha value is -1.22. The molecule has 0 spiro atoms. The van der Waals surface area contributed by atoms with E-state index in [2.05, 4.69) is 20.6 Å². The van der Waals surface area contributed by atoms with Gasteiger partial charge in [-0.05, 0) is 31.0 Å². The van der Waals surface area contributed by atoms with Crippen molar-refractivity contribution in [1.82, 2.24) is 15.6 Å². The Morgan fingerprint density at radius 3 is 2.59 bits per heavy atom. The summed E-state index contributed by atoms with van der Waals surface area (Å²) in [4.78, 5) is 9.58. The van der Waals surface area contributed by atoms with Gasteiger partial charge in [-0.2, -0.15) is 0 Å². The van der Waals surface area contributed by atoms with E-state index in [0.717, 1.165) is 11.3 Å². The van der Waals surface area contributed by atoms with Gasteiger partial charge < -0.3 is 10.6 Å². The lowest BCUT2D eigenvalue weighted by molar-refractivity contribution is 0.617. The second kappa shape index (κ2) is 9.04. The number of benzene rings is 1. The summed E-state index contributed by atoms with van der Waals surface area (Å²) < 4.78 is 13.2. The molecular formula is C15H20FIN4S. The fraction of sp³-hybridized carbons (Fsp3) is 0.333. The summed E-state index contributed by atoms with van der Waals surface area (Å²) >= 11 is 1.62. The van der Waals surface area contributed by atoms with Gasteiger partial charge in [0, 0.05) is 18.5 Å². The first-order valence-corrected chi connectivity index (χ1v) is 7.56. The van der Waals surface area contributed by atoms with Gasteiger partial charge in [0.2, 0.25) is 0 Å². The van der Waals surface area contributed by atoms with E-state index in [0.29, 0.717) is 24.6 Å². The molecule has 0 bridgehead atoms. The lowest BCUT2D eigenvalue weighted by atomic mass is 10.1. The minimum Gasteiger partial charge on any atom is -0.352 e. The van der Waals surface area contributed by atoms with Crippen LogP contribution >= 0.6 is 35.3 Å². The Balaban J connectivity index is 0.00000242. The third kappa shape index (κ3) is 5.20. The Morgan fingerprint density at radius 1 is 1.27 bits per heavy atom. The molecule has 0 saturated carbocycles. The molecule has 2 aromatic rings. The zero-order chi connectivity index (χ0) is 15.2. The molecule has 22 heavy (non-hydrogen) atoms. The first-order valence-electron chi connectivity index (χ1n) is 6.68. The zero-order valence-corrected chi connectivity index (χ0v) is 16.0. The monoisotopic (exact) mass is 434 g/mol. The third-order valence-corrected chi connectivity index (χ3v) is 4.10. The second-order valence-corrected chi connectivity index (χ2v) is 5.66. The normalized spacial score (nSPS) is 11.0. The molecule has 4 nitrogen and oxygen atoms in total. The van der Waals surface area contributed by atoms with E-state index in [1.807, 2.05) is 18.5 Å². The van der Waals surface area contributed by atoms with Crippen LogP contribution in [0.5, 0.6) is 0 Å². The Bertz CT molecular complexity index is 642. The third-order valence-electron chi connectivity index (χ3n) is 3.17. The lowest BCUT2D eigenvalue weighted by Gasteiger charge is -2.12. The van der Waals surface area contributed by atoms with Crippen LogP contribution in [0.25, 0.3) is 0 Å². The van der Waals surface area contributed by atoms with Gasteiger partial charge >= 0.3 is 0 Å². The smallest absolute Gasteiger partial charge is 0.191 e. The Kier molecular flexibility index (Phi) is 7.74. The number of hydrogen-bond acceptors (Lipinski definition) is 3. The average molecular weight is 434 g/mol. The molecule has 1 aromatic carbocycles. The molecule has 0 unspecified atom stereocenters. The van der Waals surface area contributed by atoms with Crippen LogP contribution in [0.1, 0.15) is 21.7 Å². The van der Waals surface area contributed by atoms with Crippen LogP contribution < -0.4 is 10.6 Å². The van der Waals surface area contributed by atoms with Gasteiger partial charge in [0.05, 0.1) is 17.7 Å². The maximum atomic E-state index is 13.2. The van der Waals surface area contributed by atoms with Crippen molar-refractivity contribution in [2.24, 2.45) is 4.99 Å². The van der Waals surface area contributed by atoms with Crippen LogP contribution in [0.3, 0.4) is 0 Å². The number of aromatic nitrogens is 1. The Labute approximate surface area is 151 Å². The fourth-order valence-electron chi connectivity index (χ4n) is 1.88. The number of nitrogens with one attached hydrogen (secondary N) is 2. The fourth-order valence-corrected chi connectivity index (χ4v) is 2.60. The summed E-state index contributed by atoms with van der Waals surface area (Å²) in [6, 6.07) is 5.10. The van der Waals surface area contributed by atoms with Gasteiger partial charge in [-0.1, -0.05) is 12.1 Å². The van der Waals surface area contributed by atoms with E-state index >= 15 is 0 Å². The number of rotatable bonds is 4. The van der Waals surface area contributed by atoms with Gasteiger partial charge in [-0.25, -0.2) is 9.37 Å². The van der Waals surface area contributed by atoms with E-state index in [-0.39, 0.29) is 29.8 Å². The highest BCUT2D eigenvalue weighted by molar-refractivity contribution is 14.0. The van der Waals surface area contributed by atoms with E-state index in [4.69, 9.17) is 0 Å². The van der Waals surface area contributed by atoms with E-state index in [1.165, 1.54) is 10.9 Å². The van der Waals surface area contributed by atoms with Crippen LogP contribution in [0, 0.1) is 19.7 Å². The average Bonchev–Trinajstić information content (AvgIpc) is 2.88. The number of nitrogens with zero attached hydrogens (tertiary/aromatic N) is 2. The molecule has 0 aliphatic rings. The van der Waals surface area contributed by atoms with Crippen LogP contribution in [-0.2, 0) is 13.1 Å². The molecular weight excluding hydrogens is 414 g/mol. The number of guanidine groups is 1. The number of thiazole rings is 1. The van der Waals surface area contributed by atoms with Crippen molar-refractivity contribution in [3.63, 3.8) is 0 Å². The first kappa shape index (κ1) is 18.8. The summed E-state index contributed by atoms with van der Waals surface area (Å²) in [6.07, 6.45) is 0. The minimum absolute atomic E-state index is 0. The van der Waals surface area contributed by atoms with E-state index < -0.39 is 0 Å². The molecule has 0 radical (unpaired) electrons. The van der Waals surface area contributed by atoms with E-state index in [9.17, 15) is 4.39 Å². The predicted molar refractivity (Wildman–Crippen MR) is 100 cm³/mol. The van der Waals surface area contributed by atoms with Crippen molar-refractivity contribution in [3.8, 4) is 0 Å². The largest absolute Gasteiger partial charge is 0.352 e. The molecule has 0 aliphatic carbocycles. The summed E-state index contributed by atoms with van der Waals surface area (Å²) in [7, 11) is 1.73. The van der Waals surface area contributed by atoms with Crippen molar-refractivity contribution in [2.45, 2.75) is 26.9 Å². The van der Waals surface area contributed by atoms with Gasteiger partial charge in [-0.3, -0.25) is 4.99 Å². The topological polar surface area (TPSA) is 49.3 Å². The summed E-state index contributed by atoms with van der Waals surface area (Å²) in [5.41, 5.74) is 4.55. The highest BCUT2D eigenvalue weighted by Gasteiger charge is 2.04. The maximum Gasteiger partial charge on any atom is 0.191 e. The predicted octanol–water partition coefficient (Wildman–Crippen LogP) is 3.38. The highest BCUT2D eigenvalue weighted by Crippen LogP contribution is 2.11. The van der Waals surface area contributed by atoms with Crippen LogP contribution in [0.2, 0.25) is 0 Å². The number of hydrogen-bond donors (Lipinski definition) is 2. The molecule has 2 N–H and O–H groups in total. The molecule has 0 atom stereocenters. The van der Waals surface area contributed by atoms with E-state index in [1.54, 1.807) is 31.4 Å². The number of halogens is 2. The highest BCUT2D eigenvalue weighted by atomic mass is 127. The van der Waals surface area contributed by atoms with Crippen molar-refractivity contribution in [3.05, 3.63) is 51.2 Å². The molecule has 0 saturated heterocycles. The van der Waals surface area contributed by atoms with Gasteiger partial charge in [0.1, 0.15) is 5.82 Å². The first-order chi connectivity index (χ1) is 10.1. The van der Waals surface area contributed by atoms with Gasteiger partial charge in [0.15, 0.2) is 5.96 Å². The molecule has 120 valence electrons. The van der Waals surface area contributed by atoms with Crippen molar-refractivity contribution < 1.29 is 4.39 Å². The van der Waals surface area contributed by atoms with Crippen molar-refractivity contribution in [1.29, 1.82) is 0 Å². The van der Waals surface area contributed by atoms with Crippen molar-refractivity contribution in [2.75, 3.05) is 7.05 Å². The minimum atomic E-state index is -0.179. The van der Waals surface area contributed by atoms with Crippen LogP contribution in [0.4, 0.5) is 4.39 Å². The summed E-state index contributed by atoms with van der Waals surface area (Å²) in [5, 5.41) is 6.46. The van der Waals surface area contributed by atoms with Crippen LogP contribution in [-0.4, -0.2) is 18.0 Å². The lowest BCUT2D eigenvalue weighted by Crippen LogP contribution is -2.36. The SMILES string of the molecule is CN=C(NCc1ccc(F)c(C)c1)NCc1scnc1C.I. The molecule has 0 fully saturated rings. The zero-order valence-electron chi connectivity index (χ0n) is 12.8. The molecule has 0 aliphatic heterocycles. The molecule has 7 heteroatoms. The Morgan fingerprint density at radius 2 is 2.00 bits per heavy atom. The number of aliphatic imine (C=N–C) groups is 1. The quantitative estimate of drug-likeness (QED) is 0.441. The summed E-state index contributed by atoms with van der Waals surface area (Å²) in [5.74, 6) is 0.534. The molecule has 0 amide bonds. The van der Waals surface area contributed by atoms with Gasteiger partial charge in [-0.15, -0.1) is 35.3 Å². The standard InChI is InChI=1S/C15H19FN4S.HI/c1-10-6-12(4-5-13(10)16)7-18-15(17-3)19-8-14-11(2)20-9-21-14;/h4-6,9H,7-8H2,1-3H3,(H2,17,18,19);1H.